The van der Waals surface area contributed by atoms with Crippen LogP contribution in [0.15, 0.2) is 27.8 Å². The predicted octanol–water partition coefficient (Wildman–Crippen LogP) is 0.510. The summed E-state index contributed by atoms with van der Waals surface area (Å²) in [5.74, 6) is -0.235. The maximum absolute atomic E-state index is 12.1. The highest BCUT2D eigenvalue weighted by Crippen LogP contribution is 2.14. The topological polar surface area (TPSA) is 136 Å². The summed E-state index contributed by atoms with van der Waals surface area (Å²) in [5, 5.41) is 14.2. The van der Waals surface area contributed by atoms with E-state index in [1.165, 1.54) is 19.1 Å². The van der Waals surface area contributed by atoms with Crippen molar-refractivity contribution in [1.82, 2.24) is 19.9 Å². The first-order valence-corrected chi connectivity index (χ1v) is 7.33. The Morgan fingerprint density at radius 2 is 2.24 bits per heavy atom. The van der Waals surface area contributed by atoms with Gasteiger partial charge in [0.1, 0.15) is 16.4 Å². The van der Waals surface area contributed by atoms with Crippen molar-refractivity contribution in [2.75, 3.05) is 6.54 Å². The number of imidazole rings is 1. The summed E-state index contributed by atoms with van der Waals surface area (Å²) < 4.78 is 6.69. The molecule has 25 heavy (non-hydrogen) atoms. The molecule has 0 atom stereocenters. The van der Waals surface area contributed by atoms with Crippen molar-refractivity contribution < 1.29 is 18.9 Å². The van der Waals surface area contributed by atoms with Crippen LogP contribution in [-0.4, -0.2) is 43.9 Å². The highest BCUT2D eigenvalue weighted by atomic mass is 16.6. The molecule has 0 spiro atoms. The van der Waals surface area contributed by atoms with Gasteiger partial charge in [0, 0.05) is 26.2 Å². The fraction of sp³-hybridized carbons (Fsp3) is 0.286. The van der Waals surface area contributed by atoms with Crippen LogP contribution in [0.3, 0.4) is 0 Å². The number of hydrogen-bond acceptors (Lipinski definition) is 7. The van der Waals surface area contributed by atoms with Crippen LogP contribution in [0.1, 0.15) is 29.0 Å². The maximum atomic E-state index is 12.1. The van der Waals surface area contributed by atoms with Crippen LogP contribution in [0.5, 0.6) is 0 Å². The van der Waals surface area contributed by atoms with Gasteiger partial charge in [-0.25, -0.2) is 10.4 Å². The molecule has 0 unspecified atom stereocenters. The highest BCUT2D eigenvalue weighted by molar-refractivity contribution is 5.92. The lowest BCUT2D eigenvalue weighted by molar-refractivity contribution is -0.402. The van der Waals surface area contributed by atoms with Crippen molar-refractivity contribution in [2.45, 2.75) is 20.0 Å². The fourth-order valence-electron chi connectivity index (χ4n) is 2.35. The van der Waals surface area contributed by atoms with Crippen molar-refractivity contribution in [1.29, 1.82) is 0 Å². The molecule has 3 heterocycles. The zero-order valence-electron chi connectivity index (χ0n) is 13.2. The average Bonchev–Trinajstić information content (AvgIpc) is 3.20. The molecule has 0 aliphatic carbocycles. The van der Waals surface area contributed by atoms with Gasteiger partial charge in [0.25, 0.3) is 5.91 Å². The number of carbonyl (C=O) groups excluding carboxylic acids is 2. The van der Waals surface area contributed by atoms with E-state index in [4.69, 9.17) is 4.42 Å². The summed E-state index contributed by atoms with van der Waals surface area (Å²) in [6.07, 6.45) is 2.74. The monoisotopic (exact) mass is 346 g/mol. The molecule has 3 rings (SSSR count). The van der Waals surface area contributed by atoms with Crippen LogP contribution < -0.4 is 5.43 Å². The molecule has 0 radical (unpaired) electrons. The lowest BCUT2D eigenvalue weighted by Crippen LogP contribution is -2.36. The highest BCUT2D eigenvalue weighted by Gasteiger charge is 2.22. The minimum Gasteiger partial charge on any atom is -0.400 e. The first kappa shape index (κ1) is 16.4. The van der Waals surface area contributed by atoms with Gasteiger partial charge in [0.15, 0.2) is 5.76 Å². The molecular weight excluding hydrogens is 332 g/mol. The number of nitro groups is 1. The van der Waals surface area contributed by atoms with Crippen LogP contribution in [-0.2, 0) is 17.9 Å². The molecule has 1 aliphatic heterocycles. The standard InChI is InChI=1S/C14H14N6O5/c1-9(21)18-4-5-19-7-11(16-12(19)8-18)14(22)17-15-6-10-2-3-13(25-10)20(23)24/h2-3,6-7H,4-5,8H2,1H3,(H,17,22). The van der Waals surface area contributed by atoms with Crippen LogP contribution >= 0.6 is 0 Å². The van der Waals surface area contributed by atoms with Crippen molar-refractivity contribution >= 4 is 23.9 Å². The summed E-state index contributed by atoms with van der Waals surface area (Å²) in [4.78, 5) is 39.2. The molecule has 11 nitrogen and oxygen atoms in total. The Morgan fingerprint density at radius 3 is 2.92 bits per heavy atom. The second kappa shape index (κ2) is 6.55. The van der Waals surface area contributed by atoms with Crippen LogP contribution in [0.2, 0.25) is 0 Å². The molecule has 1 N–H and O–H groups in total. The van der Waals surface area contributed by atoms with Gasteiger partial charge in [-0.05, 0) is 6.07 Å². The van der Waals surface area contributed by atoms with E-state index in [2.05, 4.69) is 15.5 Å². The number of rotatable bonds is 4. The third-order valence-electron chi connectivity index (χ3n) is 3.63. The van der Waals surface area contributed by atoms with Gasteiger partial charge in [-0.3, -0.25) is 19.7 Å². The number of nitrogens with zero attached hydrogens (tertiary/aromatic N) is 5. The second-order valence-corrected chi connectivity index (χ2v) is 5.31. The third kappa shape index (κ3) is 3.54. The molecular formula is C14H14N6O5. The van der Waals surface area contributed by atoms with E-state index in [1.54, 1.807) is 11.1 Å². The Morgan fingerprint density at radius 1 is 1.44 bits per heavy atom. The molecule has 130 valence electrons. The summed E-state index contributed by atoms with van der Waals surface area (Å²) >= 11 is 0. The number of fused-ring (bicyclic) bond motifs is 1. The van der Waals surface area contributed by atoms with Gasteiger partial charge < -0.3 is 13.9 Å². The number of hydrogen-bond donors (Lipinski definition) is 1. The van der Waals surface area contributed by atoms with Gasteiger partial charge in [0.05, 0.1) is 18.8 Å². The second-order valence-electron chi connectivity index (χ2n) is 5.31. The van der Waals surface area contributed by atoms with E-state index in [-0.39, 0.29) is 17.4 Å². The minimum atomic E-state index is -0.671. The molecule has 0 fully saturated rings. The van der Waals surface area contributed by atoms with E-state index in [0.717, 1.165) is 6.21 Å². The zero-order valence-corrected chi connectivity index (χ0v) is 13.2. The number of nitrogens with one attached hydrogen (secondary N) is 1. The third-order valence-corrected chi connectivity index (χ3v) is 3.63. The number of amides is 2. The van der Waals surface area contributed by atoms with Gasteiger partial charge in [-0.15, -0.1) is 0 Å². The fourth-order valence-corrected chi connectivity index (χ4v) is 2.35. The molecule has 0 bridgehead atoms. The lowest BCUT2D eigenvalue weighted by Gasteiger charge is -2.26. The molecule has 0 saturated carbocycles. The molecule has 2 aromatic rings. The average molecular weight is 346 g/mol. The van der Waals surface area contributed by atoms with Crippen molar-refractivity contribution in [3.05, 3.63) is 45.7 Å². The van der Waals surface area contributed by atoms with Crippen LogP contribution in [0.4, 0.5) is 5.88 Å². The Bertz CT molecular complexity index is 867. The Hall–Kier alpha value is -3.50. The molecule has 11 heteroatoms. The van der Waals surface area contributed by atoms with Gasteiger partial charge in [-0.2, -0.15) is 5.10 Å². The van der Waals surface area contributed by atoms with Crippen LogP contribution in [0, 0.1) is 10.1 Å². The normalized spacial score (nSPS) is 13.7. The Balaban J connectivity index is 1.63. The summed E-state index contributed by atoms with van der Waals surface area (Å²) in [7, 11) is 0. The lowest BCUT2D eigenvalue weighted by atomic mass is 10.3. The quantitative estimate of drug-likeness (QED) is 0.487. The number of hydrazone groups is 1. The largest absolute Gasteiger partial charge is 0.433 e. The molecule has 0 saturated heterocycles. The first-order valence-electron chi connectivity index (χ1n) is 7.33. The number of aromatic nitrogens is 2. The summed E-state index contributed by atoms with van der Waals surface area (Å²) in [6, 6.07) is 2.55. The molecule has 2 amide bonds. The smallest absolute Gasteiger partial charge is 0.400 e. The SMILES string of the molecule is CC(=O)N1CCn2cc(C(=O)NN=Cc3ccc([N+](=O)[O-])o3)nc2C1. The summed E-state index contributed by atoms with van der Waals surface area (Å²) in [5.41, 5.74) is 2.44. The Labute approximate surface area is 141 Å². The predicted molar refractivity (Wildman–Crippen MR) is 83.7 cm³/mol. The molecule has 1 aliphatic rings. The minimum absolute atomic E-state index is 0.0441. The van der Waals surface area contributed by atoms with Gasteiger partial charge in [-0.1, -0.05) is 0 Å². The molecule has 2 aromatic heterocycles. The zero-order chi connectivity index (χ0) is 18.0. The maximum Gasteiger partial charge on any atom is 0.433 e. The van der Waals surface area contributed by atoms with Crippen LogP contribution in [0.25, 0.3) is 0 Å². The van der Waals surface area contributed by atoms with Crippen molar-refractivity contribution in [3.8, 4) is 0 Å². The number of carbonyl (C=O) groups is 2. The first-order chi connectivity index (χ1) is 11.9. The van der Waals surface area contributed by atoms with E-state index < -0.39 is 16.7 Å². The van der Waals surface area contributed by atoms with Crippen molar-refractivity contribution in [3.63, 3.8) is 0 Å². The van der Waals surface area contributed by atoms with Gasteiger partial charge >= 0.3 is 5.88 Å². The summed E-state index contributed by atoms with van der Waals surface area (Å²) in [6.45, 7) is 2.96. The van der Waals surface area contributed by atoms with E-state index in [1.807, 2.05) is 4.57 Å². The van der Waals surface area contributed by atoms with E-state index >= 15 is 0 Å². The van der Waals surface area contributed by atoms with Crippen molar-refractivity contribution in [2.24, 2.45) is 5.10 Å². The number of furan rings is 1. The molecule has 0 aromatic carbocycles. The van der Waals surface area contributed by atoms with E-state index in [0.29, 0.717) is 25.5 Å². The van der Waals surface area contributed by atoms with E-state index in [9.17, 15) is 19.7 Å². The Kier molecular flexibility index (Phi) is 4.29. The van der Waals surface area contributed by atoms with Gasteiger partial charge in [0.2, 0.25) is 5.91 Å².